The molecule has 1 aromatic carbocycles. The van der Waals surface area contributed by atoms with Crippen LogP contribution < -0.4 is 20.3 Å². The van der Waals surface area contributed by atoms with E-state index in [9.17, 15) is 14.0 Å². The predicted octanol–water partition coefficient (Wildman–Crippen LogP) is 3.97. The minimum atomic E-state index is -0.504. The van der Waals surface area contributed by atoms with Crippen molar-refractivity contribution < 1.29 is 18.7 Å². The molecule has 1 saturated heterocycles. The second-order valence-electron chi connectivity index (χ2n) is 12.2. The number of anilines is 1. The van der Waals surface area contributed by atoms with Crippen LogP contribution in [0, 0.1) is 17.7 Å². The summed E-state index contributed by atoms with van der Waals surface area (Å²) in [6.45, 7) is 1.81. The Balaban J connectivity index is 1.13. The van der Waals surface area contributed by atoms with Crippen molar-refractivity contribution in [2.45, 2.75) is 62.1 Å². The van der Waals surface area contributed by atoms with Crippen LogP contribution in [0.1, 0.15) is 55.3 Å². The molecule has 0 radical (unpaired) electrons. The van der Waals surface area contributed by atoms with Crippen molar-refractivity contribution in [2.75, 3.05) is 32.1 Å². The van der Waals surface area contributed by atoms with Crippen LogP contribution in [0.3, 0.4) is 0 Å². The molecule has 0 spiro atoms. The van der Waals surface area contributed by atoms with Gasteiger partial charge in [-0.2, -0.15) is 4.98 Å². The van der Waals surface area contributed by atoms with E-state index in [0.29, 0.717) is 29.9 Å². The van der Waals surface area contributed by atoms with Crippen molar-refractivity contribution in [3.05, 3.63) is 53.8 Å². The van der Waals surface area contributed by atoms with Gasteiger partial charge in [0, 0.05) is 41.8 Å². The molecule has 4 bridgehead atoms. The number of benzene rings is 1. The topological polar surface area (TPSA) is 86.8 Å². The second kappa shape index (κ2) is 9.52. The average Bonchev–Trinajstić information content (AvgIpc) is 3.33. The van der Waals surface area contributed by atoms with Crippen molar-refractivity contribution >= 4 is 17.8 Å². The number of carbonyl (C=O) groups is 2. The van der Waals surface area contributed by atoms with Crippen LogP contribution in [0.15, 0.2) is 42.5 Å². The highest BCUT2D eigenvalue weighted by Crippen LogP contribution is 2.57. The molecule has 3 unspecified atom stereocenters. The normalized spacial score (nSPS) is 31.5. The maximum atomic E-state index is 13.7. The molecular weight excluding hydrogens is 485 g/mol. The molecule has 1 aromatic heterocycles. The monoisotopic (exact) mass is 521 g/mol. The summed E-state index contributed by atoms with van der Waals surface area (Å²) in [6.07, 6.45) is 5.86. The van der Waals surface area contributed by atoms with Crippen molar-refractivity contribution in [1.29, 1.82) is 0 Å². The highest BCUT2D eigenvalue weighted by atomic mass is 19.1. The van der Waals surface area contributed by atoms with Gasteiger partial charge >= 0.3 is 6.09 Å². The summed E-state index contributed by atoms with van der Waals surface area (Å²) >= 11 is 0. The van der Waals surface area contributed by atoms with Gasteiger partial charge in [0.05, 0.1) is 0 Å². The third-order valence-electron chi connectivity index (χ3n) is 9.02. The first-order chi connectivity index (χ1) is 18.2. The molecule has 4 aliphatic carbocycles. The first-order valence-electron chi connectivity index (χ1n) is 13.7. The first-order valence-corrected chi connectivity index (χ1v) is 13.7. The smallest absolute Gasteiger partial charge is 0.391 e. The number of likely N-dealkylation sites (N-methyl/N-ethyl adjacent to an activating group) is 1. The maximum Gasteiger partial charge on any atom is 0.414 e. The van der Waals surface area contributed by atoms with E-state index in [1.807, 2.05) is 12.1 Å². The fraction of sp³-hybridized carbons (Fsp3) is 0.552. The Morgan fingerprint density at radius 3 is 2.45 bits per heavy atom. The molecule has 5 fully saturated rings. The summed E-state index contributed by atoms with van der Waals surface area (Å²) < 4.78 is 19.4. The van der Waals surface area contributed by atoms with Crippen molar-refractivity contribution in [3.8, 4) is 5.88 Å². The Hall–Kier alpha value is -3.20. The molecule has 8 nitrogen and oxygen atoms in total. The molecule has 2 heterocycles. The molecule has 202 valence electrons. The third kappa shape index (κ3) is 4.96. The van der Waals surface area contributed by atoms with Gasteiger partial charge in [0.25, 0.3) is 5.91 Å². The zero-order valence-electron chi connectivity index (χ0n) is 22.1. The van der Waals surface area contributed by atoms with Crippen LogP contribution in [-0.2, 0) is 0 Å². The largest absolute Gasteiger partial charge is 0.414 e. The fourth-order valence-electron chi connectivity index (χ4n) is 7.84. The molecule has 38 heavy (non-hydrogen) atoms. The Morgan fingerprint density at radius 2 is 1.76 bits per heavy atom. The van der Waals surface area contributed by atoms with Crippen molar-refractivity contribution in [1.82, 2.24) is 20.5 Å². The highest BCUT2D eigenvalue weighted by molar-refractivity contribution is 5.94. The van der Waals surface area contributed by atoms with E-state index in [2.05, 4.69) is 39.5 Å². The molecular formula is C29H36FN5O3. The molecule has 9 heteroatoms. The van der Waals surface area contributed by atoms with Crippen LogP contribution in [0.25, 0.3) is 0 Å². The number of rotatable bonds is 6. The van der Waals surface area contributed by atoms with Gasteiger partial charge in [-0.1, -0.05) is 12.1 Å². The van der Waals surface area contributed by atoms with E-state index >= 15 is 0 Å². The molecule has 5 aliphatic rings. The number of nitrogens with one attached hydrogen (secondary N) is 2. The molecule has 1 aliphatic heterocycles. The molecule has 7 rings (SSSR count). The van der Waals surface area contributed by atoms with Crippen LogP contribution in [0.5, 0.6) is 5.88 Å². The lowest BCUT2D eigenvalue weighted by atomic mass is 9.50. The van der Waals surface area contributed by atoms with E-state index < -0.39 is 23.0 Å². The third-order valence-corrected chi connectivity index (χ3v) is 9.02. The predicted molar refractivity (Wildman–Crippen MR) is 142 cm³/mol. The fourth-order valence-corrected chi connectivity index (χ4v) is 7.84. The lowest BCUT2D eigenvalue weighted by molar-refractivity contribution is -0.0449. The minimum Gasteiger partial charge on any atom is -0.391 e. The summed E-state index contributed by atoms with van der Waals surface area (Å²) in [5, 5.41) is 6.45. The van der Waals surface area contributed by atoms with Gasteiger partial charge in [0.1, 0.15) is 11.6 Å². The average molecular weight is 522 g/mol. The van der Waals surface area contributed by atoms with Crippen molar-refractivity contribution in [3.63, 3.8) is 0 Å². The minimum absolute atomic E-state index is 0.261. The van der Waals surface area contributed by atoms with Gasteiger partial charge in [0.15, 0.2) is 0 Å². The molecule has 3 atom stereocenters. The molecule has 4 saturated carbocycles. The molecule has 2 amide bonds. The number of ether oxygens (including phenoxy) is 1. The van der Waals surface area contributed by atoms with Crippen molar-refractivity contribution in [2.24, 2.45) is 11.8 Å². The van der Waals surface area contributed by atoms with Gasteiger partial charge in [-0.25, -0.2) is 9.18 Å². The zero-order chi connectivity index (χ0) is 26.5. The van der Waals surface area contributed by atoms with E-state index in [-0.39, 0.29) is 11.8 Å². The number of aromatic nitrogens is 1. The first kappa shape index (κ1) is 25.1. The van der Waals surface area contributed by atoms with Crippen LogP contribution in [-0.4, -0.2) is 66.2 Å². The molecule has 2 aromatic rings. The zero-order valence-corrected chi connectivity index (χ0v) is 22.1. The molecule has 2 N–H and O–H groups in total. The van der Waals surface area contributed by atoms with Crippen LogP contribution in [0.2, 0.25) is 0 Å². The SMILES string of the molecule is CN(C)C1CCN(c2cccc(OC(=O)NC34CC5CC(C3)CC(NC(=O)c3cccc(F)c3)(C5)C4)n2)C1. The van der Waals surface area contributed by atoms with Crippen LogP contribution in [0.4, 0.5) is 15.0 Å². The van der Waals surface area contributed by atoms with E-state index in [1.54, 1.807) is 18.2 Å². The van der Waals surface area contributed by atoms with Gasteiger partial charge < -0.3 is 25.2 Å². The Bertz CT molecular complexity index is 1220. The maximum absolute atomic E-state index is 13.7. The Labute approximate surface area is 222 Å². The van der Waals surface area contributed by atoms with E-state index in [1.165, 1.54) is 12.1 Å². The van der Waals surface area contributed by atoms with Crippen LogP contribution >= 0.6 is 0 Å². The summed E-state index contributed by atoms with van der Waals surface area (Å²) in [4.78, 5) is 35.2. The quantitative estimate of drug-likeness (QED) is 0.598. The standard InChI is InChI=1S/C29H36FN5O3/c1-34(2)23-9-10-35(17-23)24-7-4-8-25(31-24)38-27(37)33-29-15-19-11-20(16-29)14-28(13-19,18-29)32-26(36)21-5-3-6-22(30)12-21/h3-8,12,19-20,23H,9-11,13-18H2,1-2H3,(H,32,36)(H,33,37). The van der Waals surface area contributed by atoms with E-state index in [0.717, 1.165) is 57.4 Å². The Morgan fingerprint density at radius 1 is 1.05 bits per heavy atom. The summed E-state index contributed by atoms with van der Waals surface area (Å²) in [5.41, 5.74) is -0.512. The highest BCUT2D eigenvalue weighted by Gasteiger charge is 2.59. The lowest BCUT2D eigenvalue weighted by Crippen LogP contribution is -2.70. The van der Waals surface area contributed by atoms with Gasteiger partial charge in [0.2, 0.25) is 5.88 Å². The van der Waals surface area contributed by atoms with Gasteiger partial charge in [-0.05, 0) is 95.1 Å². The number of halogens is 1. The number of hydrogen-bond acceptors (Lipinski definition) is 6. The number of hydrogen-bond donors (Lipinski definition) is 2. The summed E-state index contributed by atoms with van der Waals surface area (Å²) in [7, 11) is 4.18. The summed E-state index contributed by atoms with van der Waals surface area (Å²) in [5.74, 6) is 1.25. The van der Waals surface area contributed by atoms with E-state index in [4.69, 9.17) is 4.74 Å². The lowest BCUT2D eigenvalue weighted by Gasteiger charge is -2.62. The second-order valence-corrected chi connectivity index (χ2v) is 12.2. The van der Waals surface area contributed by atoms with Gasteiger partial charge in [-0.15, -0.1) is 0 Å². The van der Waals surface area contributed by atoms with Gasteiger partial charge in [-0.3, -0.25) is 4.79 Å². The number of nitrogens with zero attached hydrogens (tertiary/aromatic N) is 3. The number of pyridine rings is 1. The Kier molecular flexibility index (Phi) is 6.29. The summed E-state index contributed by atoms with van der Waals surface area (Å²) in [6, 6.07) is 11.8. The number of carbonyl (C=O) groups excluding carboxylic acids is 2. The number of amides is 2.